The molecule has 0 unspecified atom stereocenters. The molecule has 1 rings (SSSR count). The number of rotatable bonds is 8. The molecule has 0 amide bonds. The summed E-state index contributed by atoms with van der Waals surface area (Å²) in [6.45, 7) is 3.19. The largest absolute Gasteiger partial charge is 0.315 e. The van der Waals surface area contributed by atoms with Gasteiger partial charge in [-0.3, -0.25) is 0 Å². The normalized spacial score (nSPS) is 11.7. The predicted molar refractivity (Wildman–Crippen MR) is 77.0 cm³/mol. The molecular formula is C13H20ClNO2S. The van der Waals surface area contributed by atoms with E-state index in [4.69, 9.17) is 11.6 Å². The van der Waals surface area contributed by atoms with E-state index in [1.165, 1.54) is 5.56 Å². The van der Waals surface area contributed by atoms with Crippen LogP contribution in [0.2, 0.25) is 5.02 Å². The molecule has 0 saturated carbocycles. The van der Waals surface area contributed by atoms with Gasteiger partial charge in [-0.25, -0.2) is 8.42 Å². The second-order valence-electron chi connectivity index (χ2n) is 4.28. The van der Waals surface area contributed by atoms with Crippen LogP contribution >= 0.6 is 11.6 Å². The summed E-state index contributed by atoms with van der Waals surface area (Å²) in [4.78, 5) is 0. The van der Waals surface area contributed by atoms with Crippen LogP contribution in [0.5, 0.6) is 0 Å². The molecule has 18 heavy (non-hydrogen) atoms. The number of benzene rings is 1. The van der Waals surface area contributed by atoms with E-state index in [1.807, 2.05) is 31.2 Å². The third-order valence-electron chi connectivity index (χ3n) is 2.61. The summed E-state index contributed by atoms with van der Waals surface area (Å²) in [6, 6.07) is 7.70. The Balaban J connectivity index is 2.18. The van der Waals surface area contributed by atoms with Gasteiger partial charge >= 0.3 is 0 Å². The average Bonchev–Trinajstić information content (AvgIpc) is 2.31. The van der Waals surface area contributed by atoms with Gasteiger partial charge in [0.15, 0.2) is 9.84 Å². The van der Waals surface area contributed by atoms with Crippen molar-refractivity contribution in [1.29, 1.82) is 0 Å². The molecule has 0 saturated heterocycles. The van der Waals surface area contributed by atoms with Gasteiger partial charge in [0, 0.05) is 17.3 Å². The molecule has 0 aliphatic carbocycles. The van der Waals surface area contributed by atoms with Crippen molar-refractivity contribution in [2.75, 3.05) is 24.6 Å². The van der Waals surface area contributed by atoms with E-state index in [1.54, 1.807) is 0 Å². The lowest BCUT2D eigenvalue weighted by atomic mass is 10.1. The number of halogens is 1. The van der Waals surface area contributed by atoms with Crippen molar-refractivity contribution in [1.82, 2.24) is 5.32 Å². The highest BCUT2D eigenvalue weighted by atomic mass is 35.5. The van der Waals surface area contributed by atoms with E-state index in [9.17, 15) is 8.42 Å². The summed E-state index contributed by atoms with van der Waals surface area (Å²) in [7, 11) is -2.86. The summed E-state index contributed by atoms with van der Waals surface area (Å²) < 4.78 is 22.9. The minimum Gasteiger partial charge on any atom is -0.315 e. The van der Waals surface area contributed by atoms with Crippen molar-refractivity contribution in [2.24, 2.45) is 0 Å². The van der Waals surface area contributed by atoms with Gasteiger partial charge in [-0.05, 0) is 37.1 Å². The fourth-order valence-corrected chi connectivity index (χ4v) is 3.06. The van der Waals surface area contributed by atoms with Gasteiger partial charge in [-0.1, -0.05) is 30.7 Å². The standard InChI is InChI=1S/C13H20ClNO2S/c1-2-10-18(16,17)11-9-15-8-7-12-3-5-13(14)6-4-12/h3-6,15H,2,7-11H2,1H3. The second-order valence-corrected chi connectivity index (χ2v) is 7.02. The zero-order valence-corrected chi connectivity index (χ0v) is 12.2. The number of nitrogens with one attached hydrogen (secondary N) is 1. The summed E-state index contributed by atoms with van der Waals surface area (Å²) in [5.74, 6) is 0.507. The fourth-order valence-electron chi connectivity index (χ4n) is 1.65. The molecule has 1 aromatic rings. The number of sulfone groups is 1. The van der Waals surface area contributed by atoms with Crippen LogP contribution in [0.4, 0.5) is 0 Å². The van der Waals surface area contributed by atoms with Gasteiger partial charge < -0.3 is 5.32 Å². The van der Waals surface area contributed by atoms with E-state index in [-0.39, 0.29) is 11.5 Å². The molecule has 0 spiro atoms. The van der Waals surface area contributed by atoms with Crippen molar-refractivity contribution in [3.05, 3.63) is 34.9 Å². The Morgan fingerprint density at radius 3 is 2.39 bits per heavy atom. The number of hydrogen-bond donors (Lipinski definition) is 1. The molecular weight excluding hydrogens is 270 g/mol. The molecule has 1 N–H and O–H groups in total. The predicted octanol–water partition coefficient (Wildman–Crippen LogP) is 2.30. The van der Waals surface area contributed by atoms with Crippen LogP contribution in [0.25, 0.3) is 0 Å². The molecule has 0 aliphatic heterocycles. The molecule has 0 radical (unpaired) electrons. The Labute approximate surface area is 114 Å². The lowest BCUT2D eigenvalue weighted by Crippen LogP contribution is -2.26. The first-order chi connectivity index (χ1) is 8.53. The van der Waals surface area contributed by atoms with Crippen LogP contribution in [0.1, 0.15) is 18.9 Å². The van der Waals surface area contributed by atoms with Gasteiger partial charge in [0.2, 0.25) is 0 Å². The second kappa shape index (κ2) is 7.77. The van der Waals surface area contributed by atoms with Gasteiger partial charge in [-0.2, -0.15) is 0 Å². The average molecular weight is 290 g/mol. The summed E-state index contributed by atoms with van der Waals surface area (Å²) in [5, 5.41) is 3.88. The third-order valence-corrected chi connectivity index (χ3v) is 4.72. The van der Waals surface area contributed by atoms with Crippen molar-refractivity contribution in [3.63, 3.8) is 0 Å². The van der Waals surface area contributed by atoms with E-state index >= 15 is 0 Å². The van der Waals surface area contributed by atoms with Crippen molar-refractivity contribution >= 4 is 21.4 Å². The van der Waals surface area contributed by atoms with Crippen molar-refractivity contribution in [2.45, 2.75) is 19.8 Å². The summed E-state index contributed by atoms with van der Waals surface area (Å²) >= 11 is 5.79. The zero-order chi connectivity index (χ0) is 13.4. The van der Waals surface area contributed by atoms with E-state index in [0.29, 0.717) is 13.0 Å². The number of hydrogen-bond acceptors (Lipinski definition) is 3. The Hall–Kier alpha value is -0.580. The molecule has 1 aromatic carbocycles. The Morgan fingerprint density at radius 2 is 1.78 bits per heavy atom. The van der Waals surface area contributed by atoms with Crippen molar-refractivity contribution in [3.8, 4) is 0 Å². The maximum atomic E-state index is 11.4. The molecule has 3 nitrogen and oxygen atoms in total. The lowest BCUT2D eigenvalue weighted by Gasteiger charge is -2.05. The van der Waals surface area contributed by atoms with Crippen LogP contribution in [-0.2, 0) is 16.3 Å². The van der Waals surface area contributed by atoms with Gasteiger partial charge in [0.25, 0.3) is 0 Å². The van der Waals surface area contributed by atoms with Crippen LogP contribution in [-0.4, -0.2) is 33.0 Å². The molecule has 0 fully saturated rings. The minimum atomic E-state index is -2.86. The highest BCUT2D eigenvalue weighted by molar-refractivity contribution is 7.91. The van der Waals surface area contributed by atoms with Gasteiger partial charge in [-0.15, -0.1) is 0 Å². The first-order valence-electron chi connectivity index (χ1n) is 6.19. The van der Waals surface area contributed by atoms with Crippen LogP contribution in [0, 0.1) is 0 Å². The SMILES string of the molecule is CCCS(=O)(=O)CCNCCc1ccc(Cl)cc1. The molecule has 5 heteroatoms. The first-order valence-corrected chi connectivity index (χ1v) is 8.39. The van der Waals surface area contributed by atoms with E-state index < -0.39 is 9.84 Å². The minimum absolute atomic E-state index is 0.224. The Bertz CT molecular complexity index is 443. The molecule has 0 heterocycles. The maximum absolute atomic E-state index is 11.4. The summed E-state index contributed by atoms with van der Waals surface area (Å²) in [6.07, 6.45) is 1.57. The van der Waals surface area contributed by atoms with E-state index in [0.717, 1.165) is 18.0 Å². The molecule has 0 atom stereocenters. The Morgan fingerprint density at radius 1 is 1.11 bits per heavy atom. The lowest BCUT2D eigenvalue weighted by molar-refractivity contribution is 0.589. The van der Waals surface area contributed by atoms with E-state index in [2.05, 4.69) is 5.32 Å². The van der Waals surface area contributed by atoms with Gasteiger partial charge in [0.05, 0.1) is 5.75 Å². The molecule has 102 valence electrons. The monoisotopic (exact) mass is 289 g/mol. The van der Waals surface area contributed by atoms with Crippen LogP contribution in [0.15, 0.2) is 24.3 Å². The van der Waals surface area contributed by atoms with Crippen LogP contribution < -0.4 is 5.32 Å². The third kappa shape index (κ3) is 6.38. The molecule has 0 aliphatic rings. The molecule has 0 bridgehead atoms. The van der Waals surface area contributed by atoms with Crippen LogP contribution in [0.3, 0.4) is 0 Å². The molecule has 0 aromatic heterocycles. The highest BCUT2D eigenvalue weighted by Crippen LogP contribution is 2.09. The maximum Gasteiger partial charge on any atom is 0.151 e. The summed E-state index contributed by atoms with van der Waals surface area (Å²) in [5.41, 5.74) is 1.20. The highest BCUT2D eigenvalue weighted by Gasteiger charge is 2.07. The van der Waals surface area contributed by atoms with Gasteiger partial charge in [0.1, 0.15) is 0 Å². The topological polar surface area (TPSA) is 46.2 Å². The smallest absolute Gasteiger partial charge is 0.151 e. The fraction of sp³-hybridized carbons (Fsp3) is 0.538. The first kappa shape index (κ1) is 15.5. The Kier molecular flexibility index (Phi) is 6.68. The van der Waals surface area contributed by atoms with Crippen molar-refractivity contribution < 1.29 is 8.42 Å². The zero-order valence-electron chi connectivity index (χ0n) is 10.7. The quantitative estimate of drug-likeness (QED) is 0.747.